The molecule has 0 aromatic heterocycles. The van der Waals surface area contributed by atoms with E-state index in [0.717, 1.165) is 38.8 Å². The fourth-order valence-electron chi connectivity index (χ4n) is 3.55. The number of benzene rings is 1. The lowest BCUT2D eigenvalue weighted by Crippen LogP contribution is -2.41. The zero-order chi connectivity index (χ0) is 14.7. The average Bonchev–Trinajstić information content (AvgIpc) is 2.91. The van der Waals surface area contributed by atoms with Crippen LogP contribution in [0.1, 0.15) is 55.7 Å². The number of hydrogen-bond acceptors (Lipinski definition) is 2. The van der Waals surface area contributed by atoms with Gasteiger partial charge in [-0.3, -0.25) is 4.79 Å². The van der Waals surface area contributed by atoms with Crippen molar-refractivity contribution in [3.63, 3.8) is 0 Å². The number of amides is 1. The summed E-state index contributed by atoms with van der Waals surface area (Å²) in [6.07, 6.45) is 6.30. The molecule has 3 nitrogen and oxygen atoms in total. The van der Waals surface area contributed by atoms with E-state index in [9.17, 15) is 4.79 Å². The van der Waals surface area contributed by atoms with Crippen LogP contribution in [0.3, 0.4) is 0 Å². The fraction of sp³-hybridized carbons (Fsp3) is 0.611. The van der Waals surface area contributed by atoms with Crippen molar-refractivity contribution in [3.8, 4) is 0 Å². The van der Waals surface area contributed by atoms with E-state index in [4.69, 9.17) is 4.74 Å². The smallest absolute Gasteiger partial charge is 0.252 e. The first-order chi connectivity index (χ1) is 10.3. The minimum atomic E-state index is -0.199. The number of nitrogens with zero attached hydrogens (tertiary/aromatic N) is 1. The van der Waals surface area contributed by atoms with E-state index in [2.05, 4.69) is 36.1 Å². The highest BCUT2D eigenvalue weighted by atomic mass is 16.5. The molecule has 0 spiro atoms. The van der Waals surface area contributed by atoms with Crippen molar-refractivity contribution in [2.45, 2.75) is 57.6 Å². The third kappa shape index (κ3) is 3.29. The van der Waals surface area contributed by atoms with Crippen molar-refractivity contribution in [2.24, 2.45) is 0 Å². The molecule has 2 aliphatic rings. The number of aryl methyl sites for hydroxylation is 1. The highest BCUT2D eigenvalue weighted by Gasteiger charge is 2.33. The summed E-state index contributed by atoms with van der Waals surface area (Å²) in [5.41, 5.74) is 2.55. The summed E-state index contributed by atoms with van der Waals surface area (Å²) >= 11 is 0. The minimum absolute atomic E-state index is 0.199. The lowest BCUT2D eigenvalue weighted by Gasteiger charge is -2.32. The molecule has 1 amide bonds. The van der Waals surface area contributed by atoms with E-state index in [0.29, 0.717) is 0 Å². The van der Waals surface area contributed by atoms with Gasteiger partial charge in [-0.2, -0.15) is 0 Å². The maximum atomic E-state index is 12.8. The molecule has 1 aromatic carbocycles. The van der Waals surface area contributed by atoms with Gasteiger partial charge in [-0.1, -0.05) is 42.7 Å². The second-order valence-corrected chi connectivity index (χ2v) is 6.31. The maximum Gasteiger partial charge on any atom is 0.252 e. The summed E-state index contributed by atoms with van der Waals surface area (Å²) in [4.78, 5) is 14.9. The van der Waals surface area contributed by atoms with Crippen molar-refractivity contribution in [2.75, 3.05) is 13.2 Å². The molecule has 2 saturated heterocycles. The summed E-state index contributed by atoms with van der Waals surface area (Å²) in [6.45, 7) is 3.73. The highest BCUT2D eigenvalue weighted by Crippen LogP contribution is 2.32. The van der Waals surface area contributed by atoms with Gasteiger partial charge in [0.25, 0.3) is 5.91 Å². The van der Waals surface area contributed by atoms with Gasteiger partial charge in [0, 0.05) is 13.2 Å². The zero-order valence-electron chi connectivity index (χ0n) is 12.9. The molecule has 0 bridgehead atoms. The van der Waals surface area contributed by atoms with Crippen LogP contribution in [0, 0.1) is 6.92 Å². The monoisotopic (exact) mass is 287 g/mol. The summed E-state index contributed by atoms with van der Waals surface area (Å²) in [6, 6.07) is 8.84. The molecule has 2 aliphatic heterocycles. The molecular formula is C18H25NO2. The van der Waals surface area contributed by atoms with Gasteiger partial charge in [0.1, 0.15) is 6.10 Å². The van der Waals surface area contributed by atoms with Crippen molar-refractivity contribution in [1.82, 2.24) is 4.90 Å². The number of rotatable bonds is 2. The van der Waals surface area contributed by atoms with Crippen molar-refractivity contribution < 1.29 is 9.53 Å². The second kappa shape index (κ2) is 6.61. The van der Waals surface area contributed by atoms with E-state index in [1.54, 1.807) is 0 Å². The van der Waals surface area contributed by atoms with Gasteiger partial charge in [-0.05, 0) is 38.2 Å². The summed E-state index contributed by atoms with van der Waals surface area (Å²) in [5, 5.41) is 0. The van der Waals surface area contributed by atoms with E-state index < -0.39 is 0 Å². The zero-order valence-corrected chi connectivity index (χ0v) is 12.9. The molecule has 2 atom stereocenters. The van der Waals surface area contributed by atoms with Gasteiger partial charge >= 0.3 is 0 Å². The Bertz CT molecular complexity index is 494. The van der Waals surface area contributed by atoms with E-state index in [1.165, 1.54) is 24.0 Å². The van der Waals surface area contributed by atoms with Crippen molar-refractivity contribution in [3.05, 3.63) is 35.4 Å². The Morgan fingerprint density at radius 2 is 2.10 bits per heavy atom. The van der Waals surface area contributed by atoms with Crippen LogP contribution in [0.2, 0.25) is 0 Å². The molecule has 1 aromatic rings. The van der Waals surface area contributed by atoms with Crippen LogP contribution in [0.15, 0.2) is 24.3 Å². The van der Waals surface area contributed by atoms with Crippen LogP contribution in [-0.2, 0) is 9.53 Å². The molecule has 2 unspecified atom stereocenters. The highest BCUT2D eigenvalue weighted by molar-refractivity contribution is 5.81. The standard InChI is InChI=1S/C18H25NO2/c1-14-7-5-8-15(13-14)16-9-3-2-4-11-19(16)18(20)17-10-6-12-21-17/h5,7-8,13,16-17H,2-4,6,9-12H2,1H3. The molecule has 0 N–H and O–H groups in total. The Morgan fingerprint density at radius 1 is 1.19 bits per heavy atom. The van der Waals surface area contributed by atoms with Crippen molar-refractivity contribution in [1.29, 1.82) is 0 Å². The molecule has 21 heavy (non-hydrogen) atoms. The summed E-state index contributed by atoms with van der Waals surface area (Å²) in [5.74, 6) is 0.209. The minimum Gasteiger partial charge on any atom is -0.368 e. The van der Waals surface area contributed by atoms with E-state index in [-0.39, 0.29) is 18.1 Å². The third-order valence-corrected chi connectivity index (χ3v) is 4.67. The van der Waals surface area contributed by atoms with Gasteiger partial charge in [0.2, 0.25) is 0 Å². The predicted octanol–water partition coefficient (Wildman–Crippen LogP) is 3.62. The van der Waals surface area contributed by atoms with Crippen LogP contribution in [0.5, 0.6) is 0 Å². The van der Waals surface area contributed by atoms with Gasteiger partial charge < -0.3 is 9.64 Å². The average molecular weight is 287 g/mol. The van der Waals surface area contributed by atoms with Crippen LogP contribution in [-0.4, -0.2) is 30.1 Å². The molecule has 0 radical (unpaired) electrons. The normalized spacial score (nSPS) is 26.6. The van der Waals surface area contributed by atoms with Gasteiger partial charge in [-0.25, -0.2) is 0 Å². The molecule has 114 valence electrons. The van der Waals surface area contributed by atoms with Gasteiger partial charge in [-0.15, -0.1) is 0 Å². The quantitative estimate of drug-likeness (QED) is 0.831. The van der Waals surface area contributed by atoms with E-state index >= 15 is 0 Å². The fourth-order valence-corrected chi connectivity index (χ4v) is 3.55. The Morgan fingerprint density at radius 3 is 2.86 bits per heavy atom. The molecule has 0 saturated carbocycles. The number of hydrogen-bond donors (Lipinski definition) is 0. The predicted molar refractivity (Wildman–Crippen MR) is 83.1 cm³/mol. The van der Waals surface area contributed by atoms with Crippen LogP contribution in [0.25, 0.3) is 0 Å². The number of carbonyl (C=O) groups is 1. The topological polar surface area (TPSA) is 29.5 Å². The number of carbonyl (C=O) groups excluding carboxylic acids is 1. The second-order valence-electron chi connectivity index (χ2n) is 6.31. The largest absolute Gasteiger partial charge is 0.368 e. The van der Waals surface area contributed by atoms with Gasteiger partial charge in [0.15, 0.2) is 0 Å². The third-order valence-electron chi connectivity index (χ3n) is 4.67. The first kappa shape index (κ1) is 14.6. The van der Waals surface area contributed by atoms with Crippen LogP contribution < -0.4 is 0 Å². The van der Waals surface area contributed by atoms with Crippen molar-refractivity contribution >= 4 is 5.91 Å². The molecule has 2 fully saturated rings. The lowest BCUT2D eigenvalue weighted by molar-refractivity contribution is -0.143. The molecule has 3 heteroatoms. The van der Waals surface area contributed by atoms with Gasteiger partial charge in [0.05, 0.1) is 6.04 Å². The Balaban J connectivity index is 1.84. The Kier molecular flexibility index (Phi) is 4.59. The number of likely N-dealkylation sites (tertiary alicyclic amines) is 1. The summed E-state index contributed by atoms with van der Waals surface area (Å²) < 4.78 is 5.63. The molecule has 3 rings (SSSR count). The van der Waals surface area contributed by atoms with Crippen LogP contribution in [0.4, 0.5) is 0 Å². The first-order valence-corrected chi connectivity index (χ1v) is 8.24. The molecule has 0 aliphatic carbocycles. The number of ether oxygens (including phenoxy) is 1. The molecular weight excluding hydrogens is 262 g/mol. The van der Waals surface area contributed by atoms with E-state index in [1.807, 2.05) is 0 Å². The Hall–Kier alpha value is -1.35. The SMILES string of the molecule is Cc1cccc(C2CCCCCN2C(=O)C2CCCO2)c1. The molecule has 2 heterocycles. The van der Waals surface area contributed by atoms with Crippen LogP contribution >= 0.6 is 0 Å². The lowest BCUT2D eigenvalue weighted by atomic mass is 9.98. The maximum absolute atomic E-state index is 12.8. The Labute approximate surface area is 127 Å². The summed E-state index contributed by atoms with van der Waals surface area (Å²) in [7, 11) is 0. The first-order valence-electron chi connectivity index (χ1n) is 8.24.